The number of benzene rings is 2. The summed E-state index contributed by atoms with van der Waals surface area (Å²) in [5.41, 5.74) is 9.60. The largest absolute Gasteiger partial charge is 0.375 e. The molecule has 3 aromatic rings. The maximum absolute atomic E-state index is 13.4. The van der Waals surface area contributed by atoms with Gasteiger partial charge in [0.1, 0.15) is 5.82 Å². The molecule has 0 saturated carbocycles. The molecule has 0 aliphatic carbocycles. The molecule has 3 rings (SSSR count). The van der Waals surface area contributed by atoms with Crippen molar-refractivity contribution in [3.05, 3.63) is 59.9 Å². The molecule has 1 heterocycles. The number of anilines is 1. The second-order valence-electron chi connectivity index (χ2n) is 4.61. The zero-order chi connectivity index (χ0) is 14.1. The minimum atomic E-state index is -0.260. The van der Waals surface area contributed by atoms with Crippen molar-refractivity contribution >= 4 is 16.5 Å². The van der Waals surface area contributed by atoms with Gasteiger partial charge in [-0.1, -0.05) is 47.2 Å². The van der Waals surface area contributed by atoms with Crippen molar-refractivity contribution in [1.82, 2.24) is 4.98 Å². The van der Waals surface area contributed by atoms with Crippen molar-refractivity contribution in [2.75, 3.05) is 5.73 Å². The molecular formula is C16H13FN2S. The molecule has 20 heavy (non-hydrogen) atoms. The first-order valence-electron chi connectivity index (χ1n) is 6.23. The van der Waals surface area contributed by atoms with Gasteiger partial charge in [0, 0.05) is 5.56 Å². The SMILES string of the molecule is Cc1cccc(-c2nc(N)sc2-c2cccc(F)c2)c1. The fourth-order valence-electron chi connectivity index (χ4n) is 2.15. The first kappa shape index (κ1) is 12.8. The van der Waals surface area contributed by atoms with E-state index in [0.29, 0.717) is 5.13 Å². The van der Waals surface area contributed by atoms with E-state index in [1.807, 2.05) is 31.2 Å². The van der Waals surface area contributed by atoms with E-state index in [1.54, 1.807) is 6.07 Å². The average Bonchev–Trinajstić information content (AvgIpc) is 2.81. The summed E-state index contributed by atoms with van der Waals surface area (Å²) >= 11 is 1.38. The highest BCUT2D eigenvalue weighted by Gasteiger charge is 2.14. The number of halogens is 1. The van der Waals surface area contributed by atoms with Crippen molar-refractivity contribution < 1.29 is 4.39 Å². The molecule has 0 bridgehead atoms. The molecule has 2 aromatic carbocycles. The molecule has 0 unspecified atom stereocenters. The van der Waals surface area contributed by atoms with E-state index < -0.39 is 0 Å². The molecule has 1 aromatic heterocycles. The van der Waals surface area contributed by atoms with Crippen LogP contribution in [0.15, 0.2) is 48.5 Å². The third kappa shape index (κ3) is 2.42. The van der Waals surface area contributed by atoms with E-state index >= 15 is 0 Å². The summed E-state index contributed by atoms with van der Waals surface area (Å²) in [6.07, 6.45) is 0. The van der Waals surface area contributed by atoms with Crippen LogP contribution in [0, 0.1) is 12.7 Å². The lowest BCUT2D eigenvalue weighted by atomic mass is 10.0. The van der Waals surface area contributed by atoms with Crippen LogP contribution in [0.25, 0.3) is 21.7 Å². The Hall–Kier alpha value is -2.20. The number of hydrogen-bond acceptors (Lipinski definition) is 3. The van der Waals surface area contributed by atoms with Crippen LogP contribution in [0.5, 0.6) is 0 Å². The van der Waals surface area contributed by atoms with Gasteiger partial charge in [0.15, 0.2) is 5.13 Å². The van der Waals surface area contributed by atoms with Crippen LogP contribution in [0.3, 0.4) is 0 Å². The zero-order valence-corrected chi connectivity index (χ0v) is 11.7. The molecule has 0 amide bonds. The highest BCUT2D eigenvalue weighted by molar-refractivity contribution is 7.19. The number of aromatic nitrogens is 1. The Labute approximate surface area is 120 Å². The Balaban J connectivity index is 2.18. The van der Waals surface area contributed by atoms with Gasteiger partial charge in [0.05, 0.1) is 10.6 Å². The summed E-state index contributed by atoms with van der Waals surface area (Å²) in [6, 6.07) is 14.6. The van der Waals surface area contributed by atoms with Gasteiger partial charge in [-0.05, 0) is 30.7 Å². The van der Waals surface area contributed by atoms with Gasteiger partial charge in [-0.25, -0.2) is 9.37 Å². The summed E-state index contributed by atoms with van der Waals surface area (Å²) in [7, 11) is 0. The van der Waals surface area contributed by atoms with Gasteiger partial charge < -0.3 is 5.73 Å². The standard InChI is InChI=1S/C16H13FN2S/c1-10-4-2-5-11(8-10)14-15(20-16(18)19-14)12-6-3-7-13(17)9-12/h2-9H,1H3,(H2,18,19). The summed E-state index contributed by atoms with van der Waals surface area (Å²) in [5.74, 6) is -0.260. The molecule has 0 spiro atoms. The Kier molecular flexibility index (Phi) is 3.24. The number of thiazole rings is 1. The Bertz CT molecular complexity index is 702. The Morgan fingerprint density at radius 1 is 1.05 bits per heavy atom. The minimum Gasteiger partial charge on any atom is -0.375 e. The number of hydrogen-bond donors (Lipinski definition) is 1. The van der Waals surface area contributed by atoms with Crippen LogP contribution < -0.4 is 5.73 Å². The molecule has 0 atom stereocenters. The smallest absolute Gasteiger partial charge is 0.181 e. The quantitative estimate of drug-likeness (QED) is 0.752. The summed E-state index contributed by atoms with van der Waals surface area (Å²) in [4.78, 5) is 5.30. The van der Waals surface area contributed by atoms with Crippen molar-refractivity contribution in [1.29, 1.82) is 0 Å². The maximum atomic E-state index is 13.4. The fourth-order valence-corrected chi connectivity index (χ4v) is 3.00. The highest BCUT2D eigenvalue weighted by atomic mass is 32.1. The summed E-state index contributed by atoms with van der Waals surface area (Å²) in [6.45, 7) is 2.03. The lowest BCUT2D eigenvalue weighted by Gasteiger charge is -2.04. The number of nitrogen functional groups attached to an aromatic ring is 1. The van der Waals surface area contributed by atoms with Crippen molar-refractivity contribution in [2.24, 2.45) is 0 Å². The second kappa shape index (κ2) is 5.06. The lowest BCUT2D eigenvalue weighted by molar-refractivity contribution is 0.628. The molecule has 0 saturated heterocycles. The Morgan fingerprint density at radius 2 is 1.80 bits per heavy atom. The first-order chi connectivity index (χ1) is 9.63. The van der Waals surface area contributed by atoms with Crippen LogP contribution in [-0.4, -0.2) is 4.98 Å². The van der Waals surface area contributed by atoms with Crippen molar-refractivity contribution in [3.8, 4) is 21.7 Å². The van der Waals surface area contributed by atoms with Crippen LogP contribution in [0.2, 0.25) is 0 Å². The predicted octanol–water partition coefficient (Wildman–Crippen LogP) is 4.51. The van der Waals surface area contributed by atoms with E-state index in [9.17, 15) is 4.39 Å². The van der Waals surface area contributed by atoms with Gasteiger partial charge in [-0.3, -0.25) is 0 Å². The third-order valence-corrected chi connectivity index (χ3v) is 3.96. The molecule has 0 aliphatic rings. The van der Waals surface area contributed by atoms with E-state index in [1.165, 1.54) is 23.5 Å². The minimum absolute atomic E-state index is 0.260. The molecule has 0 radical (unpaired) electrons. The number of aryl methyl sites for hydroxylation is 1. The molecule has 2 N–H and O–H groups in total. The zero-order valence-electron chi connectivity index (χ0n) is 10.9. The molecule has 4 heteroatoms. The summed E-state index contributed by atoms with van der Waals surface area (Å²) < 4.78 is 13.4. The predicted molar refractivity (Wildman–Crippen MR) is 82.1 cm³/mol. The van der Waals surface area contributed by atoms with E-state index in [-0.39, 0.29) is 5.82 Å². The van der Waals surface area contributed by atoms with Gasteiger partial charge in [-0.2, -0.15) is 0 Å². The molecule has 0 aliphatic heterocycles. The van der Waals surface area contributed by atoms with Gasteiger partial charge in [0.2, 0.25) is 0 Å². The molecular weight excluding hydrogens is 271 g/mol. The molecule has 2 nitrogen and oxygen atoms in total. The monoisotopic (exact) mass is 284 g/mol. The van der Waals surface area contributed by atoms with Gasteiger partial charge >= 0.3 is 0 Å². The maximum Gasteiger partial charge on any atom is 0.181 e. The van der Waals surface area contributed by atoms with Crippen LogP contribution >= 0.6 is 11.3 Å². The third-order valence-electron chi connectivity index (χ3n) is 3.02. The topological polar surface area (TPSA) is 38.9 Å². The van der Waals surface area contributed by atoms with E-state index in [2.05, 4.69) is 11.1 Å². The van der Waals surface area contributed by atoms with Crippen LogP contribution in [0.1, 0.15) is 5.56 Å². The van der Waals surface area contributed by atoms with Gasteiger partial charge in [0.25, 0.3) is 0 Å². The number of rotatable bonds is 2. The first-order valence-corrected chi connectivity index (χ1v) is 7.04. The molecule has 0 fully saturated rings. The Morgan fingerprint density at radius 3 is 2.55 bits per heavy atom. The second-order valence-corrected chi connectivity index (χ2v) is 5.64. The molecule has 100 valence electrons. The lowest BCUT2D eigenvalue weighted by Crippen LogP contribution is -1.85. The average molecular weight is 284 g/mol. The van der Waals surface area contributed by atoms with Crippen molar-refractivity contribution in [3.63, 3.8) is 0 Å². The number of nitrogens with two attached hydrogens (primary N) is 1. The van der Waals surface area contributed by atoms with E-state index in [0.717, 1.165) is 27.3 Å². The fraction of sp³-hybridized carbons (Fsp3) is 0.0625. The van der Waals surface area contributed by atoms with Crippen molar-refractivity contribution in [2.45, 2.75) is 6.92 Å². The van der Waals surface area contributed by atoms with Crippen LogP contribution in [-0.2, 0) is 0 Å². The van der Waals surface area contributed by atoms with E-state index in [4.69, 9.17) is 5.73 Å². The summed E-state index contributed by atoms with van der Waals surface area (Å²) in [5, 5.41) is 0.487. The van der Waals surface area contributed by atoms with Gasteiger partial charge in [-0.15, -0.1) is 0 Å². The normalized spacial score (nSPS) is 10.7. The van der Waals surface area contributed by atoms with Crippen LogP contribution in [0.4, 0.5) is 9.52 Å². The number of nitrogens with zero attached hydrogens (tertiary/aromatic N) is 1. The highest BCUT2D eigenvalue weighted by Crippen LogP contribution is 2.38.